The van der Waals surface area contributed by atoms with Gasteiger partial charge in [-0.3, -0.25) is 0 Å². The summed E-state index contributed by atoms with van der Waals surface area (Å²) >= 11 is 0. The second-order valence-electron chi connectivity index (χ2n) is 5.99. The molecule has 21 heavy (non-hydrogen) atoms. The number of piperidine rings is 1. The van der Waals surface area contributed by atoms with Crippen molar-refractivity contribution in [2.45, 2.75) is 25.4 Å². The smallest absolute Gasteiger partial charge is 0.211 e. The molecule has 0 bridgehead atoms. The van der Waals surface area contributed by atoms with Crippen molar-refractivity contribution in [2.24, 2.45) is 5.92 Å². The fraction of sp³-hybridized carbons (Fsp3) is 0.769. The number of hydrogen-bond donors (Lipinski definition) is 2. The Labute approximate surface area is 125 Å². The topological polar surface area (TPSA) is 79.3 Å². The normalized spacial score (nSPS) is 24.5. The average Bonchev–Trinajstić information content (AvgIpc) is 2.92. The van der Waals surface area contributed by atoms with Crippen LogP contribution in [-0.4, -0.2) is 61.0 Å². The zero-order valence-electron chi connectivity index (χ0n) is 12.3. The molecule has 0 aromatic carbocycles. The van der Waals surface area contributed by atoms with Gasteiger partial charge in [0, 0.05) is 50.7 Å². The number of fused-ring (bicyclic) bond motifs is 1. The molecular formula is C13H23N5O2S. The Morgan fingerprint density at radius 2 is 2.19 bits per heavy atom. The van der Waals surface area contributed by atoms with Gasteiger partial charge in [-0.25, -0.2) is 17.4 Å². The Kier molecular flexibility index (Phi) is 4.19. The highest BCUT2D eigenvalue weighted by Gasteiger charge is 2.25. The molecule has 3 heterocycles. The molecule has 1 atom stereocenters. The van der Waals surface area contributed by atoms with Crippen molar-refractivity contribution >= 4 is 15.8 Å². The second kappa shape index (κ2) is 5.94. The van der Waals surface area contributed by atoms with Crippen LogP contribution < -0.4 is 10.6 Å². The Hall–Kier alpha value is -1.12. The molecule has 0 unspecified atom stereocenters. The highest BCUT2D eigenvalue weighted by Crippen LogP contribution is 2.17. The summed E-state index contributed by atoms with van der Waals surface area (Å²) in [7, 11) is -3.03. The van der Waals surface area contributed by atoms with Gasteiger partial charge < -0.3 is 10.6 Å². The van der Waals surface area contributed by atoms with E-state index in [1.165, 1.54) is 6.26 Å². The van der Waals surface area contributed by atoms with Gasteiger partial charge in [0.1, 0.15) is 5.82 Å². The maximum absolute atomic E-state index is 11.5. The van der Waals surface area contributed by atoms with E-state index in [9.17, 15) is 8.42 Å². The molecule has 7 nitrogen and oxygen atoms in total. The van der Waals surface area contributed by atoms with Crippen molar-refractivity contribution in [2.75, 3.05) is 37.8 Å². The zero-order chi connectivity index (χ0) is 14.9. The molecule has 1 fully saturated rings. The van der Waals surface area contributed by atoms with Crippen LogP contribution in [0.4, 0.5) is 5.82 Å². The van der Waals surface area contributed by atoms with E-state index in [2.05, 4.69) is 15.7 Å². The third-order valence-electron chi connectivity index (χ3n) is 4.34. The van der Waals surface area contributed by atoms with Crippen LogP contribution in [0.25, 0.3) is 0 Å². The molecule has 0 amide bonds. The molecule has 2 N–H and O–H groups in total. The lowest BCUT2D eigenvalue weighted by Crippen LogP contribution is -2.46. The van der Waals surface area contributed by atoms with Crippen LogP contribution in [0.2, 0.25) is 0 Å². The minimum Gasteiger partial charge on any atom is -0.370 e. The van der Waals surface area contributed by atoms with E-state index in [4.69, 9.17) is 0 Å². The minimum atomic E-state index is -3.03. The highest BCUT2D eigenvalue weighted by atomic mass is 32.2. The summed E-state index contributed by atoms with van der Waals surface area (Å²) < 4.78 is 26.5. The van der Waals surface area contributed by atoms with Crippen molar-refractivity contribution in [3.05, 3.63) is 12.3 Å². The van der Waals surface area contributed by atoms with Crippen LogP contribution >= 0.6 is 0 Å². The molecule has 0 spiro atoms. The third-order valence-corrected chi connectivity index (χ3v) is 5.64. The first-order valence-electron chi connectivity index (χ1n) is 7.46. The van der Waals surface area contributed by atoms with Crippen LogP contribution in [0, 0.1) is 5.92 Å². The molecule has 1 aromatic rings. The molecule has 0 saturated carbocycles. The number of nitrogens with zero attached hydrogens (tertiary/aromatic N) is 3. The highest BCUT2D eigenvalue weighted by molar-refractivity contribution is 7.88. The first-order valence-corrected chi connectivity index (χ1v) is 9.31. The van der Waals surface area contributed by atoms with Crippen LogP contribution in [0.5, 0.6) is 0 Å². The standard InChI is InChI=1S/C13H23N5O2S/c1-21(19,20)17-6-3-12(4-7-17)14-8-11-9-15-13-2-5-16-18(13)10-11/h2,5,11-12,14-15H,3-4,6-10H2,1H3/t11-/m1/s1. The first-order chi connectivity index (χ1) is 10.0. The molecule has 1 aromatic heterocycles. The average molecular weight is 313 g/mol. The Bertz CT molecular complexity index is 577. The SMILES string of the molecule is CS(=O)(=O)N1CCC(NC[C@@H]2CNc3ccnn3C2)CC1. The summed E-state index contributed by atoms with van der Waals surface area (Å²) in [5.74, 6) is 1.61. The minimum absolute atomic E-state index is 0.419. The van der Waals surface area contributed by atoms with Crippen LogP contribution in [0.15, 0.2) is 12.3 Å². The molecule has 1 saturated heterocycles. The van der Waals surface area contributed by atoms with Crippen molar-refractivity contribution in [3.63, 3.8) is 0 Å². The molecule has 3 rings (SSSR count). The summed E-state index contributed by atoms with van der Waals surface area (Å²) in [4.78, 5) is 0. The van der Waals surface area contributed by atoms with E-state index in [0.29, 0.717) is 25.0 Å². The largest absolute Gasteiger partial charge is 0.370 e. The maximum atomic E-state index is 11.5. The molecule has 8 heteroatoms. The Morgan fingerprint density at radius 1 is 1.43 bits per heavy atom. The van der Waals surface area contributed by atoms with Gasteiger partial charge in [-0.1, -0.05) is 0 Å². The van der Waals surface area contributed by atoms with Crippen molar-refractivity contribution < 1.29 is 8.42 Å². The quantitative estimate of drug-likeness (QED) is 0.814. The lowest BCUT2D eigenvalue weighted by molar-refractivity contribution is 0.274. The predicted molar refractivity (Wildman–Crippen MR) is 81.6 cm³/mol. The molecule has 0 radical (unpaired) electrons. The fourth-order valence-electron chi connectivity index (χ4n) is 3.05. The van der Waals surface area contributed by atoms with Gasteiger partial charge in [0.05, 0.1) is 12.5 Å². The molecule has 2 aliphatic heterocycles. The number of hydrogen-bond acceptors (Lipinski definition) is 5. The van der Waals surface area contributed by atoms with E-state index < -0.39 is 10.0 Å². The van der Waals surface area contributed by atoms with Crippen molar-refractivity contribution in [1.82, 2.24) is 19.4 Å². The number of aromatic nitrogens is 2. The van der Waals surface area contributed by atoms with Gasteiger partial charge in [0.2, 0.25) is 10.0 Å². The summed E-state index contributed by atoms with van der Waals surface area (Å²) in [6.45, 7) is 4.09. The first kappa shape index (κ1) is 14.8. The predicted octanol–water partition coefficient (Wildman–Crippen LogP) is -0.0616. The van der Waals surface area contributed by atoms with Gasteiger partial charge in [0.15, 0.2) is 0 Å². The van der Waals surface area contributed by atoms with E-state index in [0.717, 1.165) is 38.3 Å². The van der Waals surface area contributed by atoms with E-state index >= 15 is 0 Å². The molecule has 118 valence electrons. The van der Waals surface area contributed by atoms with Gasteiger partial charge >= 0.3 is 0 Å². The summed E-state index contributed by atoms with van der Waals surface area (Å²) in [6.07, 6.45) is 4.88. The summed E-state index contributed by atoms with van der Waals surface area (Å²) in [5.41, 5.74) is 0. The second-order valence-corrected chi connectivity index (χ2v) is 7.97. The van der Waals surface area contributed by atoms with Crippen LogP contribution in [0.3, 0.4) is 0 Å². The Morgan fingerprint density at radius 3 is 2.90 bits per heavy atom. The number of nitrogens with one attached hydrogen (secondary N) is 2. The number of anilines is 1. The van der Waals surface area contributed by atoms with Gasteiger partial charge in [-0.15, -0.1) is 0 Å². The maximum Gasteiger partial charge on any atom is 0.211 e. The number of rotatable bonds is 4. The van der Waals surface area contributed by atoms with Gasteiger partial charge in [-0.2, -0.15) is 5.10 Å². The lowest BCUT2D eigenvalue weighted by atomic mass is 10.0. The van der Waals surface area contributed by atoms with Crippen LogP contribution in [0.1, 0.15) is 12.8 Å². The van der Waals surface area contributed by atoms with Gasteiger partial charge in [0.25, 0.3) is 0 Å². The van der Waals surface area contributed by atoms with Gasteiger partial charge in [-0.05, 0) is 12.8 Å². The van der Waals surface area contributed by atoms with Crippen molar-refractivity contribution in [1.29, 1.82) is 0 Å². The molecular weight excluding hydrogens is 290 g/mol. The van der Waals surface area contributed by atoms with E-state index in [-0.39, 0.29) is 0 Å². The zero-order valence-corrected chi connectivity index (χ0v) is 13.1. The number of sulfonamides is 1. The van der Waals surface area contributed by atoms with Crippen molar-refractivity contribution in [3.8, 4) is 0 Å². The fourth-order valence-corrected chi connectivity index (χ4v) is 3.92. The molecule has 2 aliphatic rings. The molecule has 0 aliphatic carbocycles. The van der Waals surface area contributed by atoms with E-state index in [1.807, 2.05) is 16.9 Å². The Balaban J connectivity index is 1.43. The summed E-state index contributed by atoms with van der Waals surface area (Å²) in [5, 5.41) is 11.3. The van der Waals surface area contributed by atoms with Crippen LogP contribution in [-0.2, 0) is 16.6 Å². The lowest BCUT2D eigenvalue weighted by Gasteiger charge is -2.32. The van der Waals surface area contributed by atoms with E-state index in [1.54, 1.807) is 4.31 Å². The third kappa shape index (κ3) is 3.56. The summed E-state index contributed by atoms with van der Waals surface area (Å²) in [6, 6.07) is 2.41. The monoisotopic (exact) mass is 313 g/mol.